The van der Waals surface area contributed by atoms with Crippen molar-refractivity contribution < 1.29 is 27.5 Å². The topological polar surface area (TPSA) is 84.7 Å². The zero-order valence-corrected chi connectivity index (χ0v) is 12.8. The number of nitrogens with one attached hydrogen (secondary N) is 1. The van der Waals surface area contributed by atoms with Crippen LogP contribution in [0.2, 0.25) is 0 Å². The largest absolute Gasteiger partial charge is 0.411 e. The van der Waals surface area contributed by atoms with E-state index in [4.69, 9.17) is 10.5 Å². The van der Waals surface area contributed by atoms with E-state index in [1.54, 1.807) is 4.90 Å². The molecule has 2 rings (SSSR count). The van der Waals surface area contributed by atoms with Crippen molar-refractivity contribution in [3.05, 3.63) is 0 Å². The number of nitrogens with two attached hydrogens (primary N) is 1. The molecule has 2 fully saturated rings. The number of ether oxygens (including phenoxy) is 1. The molecule has 132 valence electrons. The van der Waals surface area contributed by atoms with Gasteiger partial charge in [0.1, 0.15) is 6.61 Å². The highest BCUT2D eigenvalue weighted by Crippen LogP contribution is 2.24. The van der Waals surface area contributed by atoms with Crippen LogP contribution in [-0.4, -0.2) is 54.9 Å². The van der Waals surface area contributed by atoms with Gasteiger partial charge in [-0.1, -0.05) is 0 Å². The van der Waals surface area contributed by atoms with Crippen molar-refractivity contribution in [2.75, 3.05) is 19.7 Å². The molecule has 1 atom stereocenters. The van der Waals surface area contributed by atoms with Crippen molar-refractivity contribution in [3.8, 4) is 0 Å². The Bertz CT molecular complexity index is 437. The number of hydrogen-bond donors (Lipinski definition) is 2. The number of hydrogen-bond acceptors (Lipinski definition) is 3. The van der Waals surface area contributed by atoms with Gasteiger partial charge in [-0.3, -0.25) is 4.79 Å². The Morgan fingerprint density at radius 2 is 1.83 bits per heavy atom. The molecule has 3 amide bonds. The van der Waals surface area contributed by atoms with E-state index in [2.05, 4.69) is 5.32 Å². The first-order chi connectivity index (χ1) is 10.7. The molecule has 0 aromatic rings. The quantitative estimate of drug-likeness (QED) is 0.813. The van der Waals surface area contributed by atoms with Crippen LogP contribution in [0.15, 0.2) is 0 Å². The molecular weight excluding hydrogens is 315 g/mol. The average Bonchev–Trinajstić information content (AvgIpc) is 2.96. The third-order valence-electron chi connectivity index (χ3n) is 4.36. The van der Waals surface area contributed by atoms with Crippen molar-refractivity contribution in [1.82, 2.24) is 10.2 Å². The fourth-order valence-electron chi connectivity index (χ4n) is 3.03. The fraction of sp³-hybridized carbons (Fsp3) is 0.857. The second-order valence-corrected chi connectivity index (χ2v) is 6.18. The Labute approximate surface area is 132 Å². The van der Waals surface area contributed by atoms with Crippen LogP contribution >= 0.6 is 0 Å². The van der Waals surface area contributed by atoms with Gasteiger partial charge in [0.25, 0.3) is 0 Å². The molecule has 6 nitrogen and oxygen atoms in total. The molecule has 0 aromatic carbocycles. The summed E-state index contributed by atoms with van der Waals surface area (Å²) in [5.74, 6) is -0.699. The lowest BCUT2D eigenvalue weighted by Crippen LogP contribution is -2.46. The monoisotopic (exact) mass is 337 g/mol. The third kappa shape index (κ3) is 5.56. The number of rotatable bonds is 4. The molecule has 0 bridgehead atoms. The van der Waals surface area contributed by atoms with Crippen LogP contribution in [-0.2, 0) is 9.53 Å². The van der Waals surface area contributed by atoms with Gasteiger partial charge in [0.15, 0.2) is 0 Å². The number of carbonyl (C=O) groups excluding carboxylic acids is 2. The summed E-state index contributed by atoms with van der Waals surface area (Å²) in [5.41, 5.74) is 5.23. The van der Waals surface area contributed by atoms with E-state index in [1.165, 1.54) is 0 Å². The zero-order chi connectivity index (χ0) is 17.0. The van der Waals surface area contributed by atoms with Gasteiger partial charge < -0.3 is 20.7 Å². The van der Waals surface area contributed by atoms with E-state index in [9.17, 15) is 22.8 Å². The Kier molecular flexibility index (Phi) is 5.72. The number of nitrogens with zero attached hydrogens (tertiary/aromatic N) is 1. The summed E-state index contributed by atoms with van der Waals surface area (Å²) >= 11 is 0. The normalized spacial score (nSPS) is 28.7. The summed E-state index contributed by atoms with van der Waals surface area (Å²) in [6.07, 6.45) is -1.99. The number of alkyl halides is 3. The number of urea groups is 1. The summed E-state index contributed by atoms with van der Waals surface area (Å²) in [7, 11) is 0. The minimum Gasteiger partial charge on any atom is -0.369 e. The van der Waals surface area contributed by atoms with Crippen molar-refractivity contribution in [1.29, 1.82) is 0 Å². The smallest absolute Gasteiger partial charge is 0.369 e. The second-order valence-electron chi connectivity index (χ2n) is 6.18. The lowest BCUT2D eigenvalue weighted by molar-refractivity contribution is -0.188. The molecule has 23 heavy (non-hydrogen) atoms. The highest BCUT2D eigenvalue weighted by Gasteiger charge is 2.33. The van der Waals surface area contributed by atoms with E-state index >= 15 is 0 Å². The minimum absolute atomic E-state index is 0.0686. The standard InChI is InChI=1S/C14H22F3N3O3/c15-14(16,17)8-23-11-3-1-10(2-4-11)19-13(22)20-6-5-9(7-20)12(18)21/h9-11H,1-8H2,(H2,18,21)(H,19,22). The maximum Gasteiger partial charge on any atom is 0.411 e. The van der Waals surface area contributed by atoms with Gasteiger partial charge in [-0.15, -0.1) is 0 Å². The molecule has 0 aromatic heterocycles. The minimum atomic E-state index is -4.31. The SMILES string of the molecule is NC(=O)C1CCN(C(=O)NC2CCC(OCC(F)(F)F)CC2)C1. The third-order valence-corrected chi connectivity index (χ3v) is 4.36. The van der Waals surface area contributed by atoms with Gasteiger partial charge in [0.2, 0.25) is 5.91 Å². The van der Waals surface area contributed by atoms with E-state index in [0.717, 1.165) is 0 Å². The van der Waals surface area contributed by atoms with Crippen LogP contribution in [0.5, 0.6) is 0 Å². The van der Waals surface area contributed by atoms with Gasteiger partial charge in [-0.05, 0) is 32.1 Å². The van der Waals surface area contributed by atoms with Crippen molar-refractivity contribution in [3.63, 3.8) is 0 Å². The molecule has 9 heteroatoms. The Balaban J connectivity index is 1.68. The molecular formula is C14H22F3N3O3. The maximum absolute atomic E-state index is 12.1. The van der Waals surface area contributed by atoms with Crippen LogP contribution in [0.25, 0.3) is 0 Å². The van der Waals surface area contributed by atoms with Crippen LogP contribution < -0.4 is 11.1 Å². The summed E-state index contributed by atoms with van der Waals surface area (Å²) < 4.78 is 41.1. The summed E-state index contributed by atoms with van der Waals surface area (Å²) in [4.78, 5) is 24.8. The molecule has 0 radical (unpaired) electrons. The Morgan fingerprint density at radius 3 is 2.35 bits per heavy atom. The van der Waals surface area contributed by atoms with E-state index in [1.807, 2.05) is 0 Å². The Hall–Kier alpha value is -1.51. The molecule has 1 aliphatic heterocycles. The van der Waals surface area contributed by atoms with E-state index in [0.29, 0.717) is 45.2 Å². The van der Waals surface area contributed by atoms with Crippen LogP contribution in [0.3, 0.4) is 0 Å². The summed E-state index contributed by atoms with van der Waals surface area (Å²) in [5, 5.41) is 2.87. The van der Waals surface area contributed by atoms with Crippen LogP contribution in [0, 0.1) is 5.92 Å². The Morgan fingerprint density at radius 1 is 1.17 bits per heavy atom. The predicted octanol–water partition coefficient (Wildman–Crippen LogP) is 1.39. The molecule has 0 spiro atoms. The van der Waals surface area contributed by atoms with Crippen molar-refractivity contribution >= 4 is 11.9 Å². The summed E-state index contributed by atoms with van der Waals surface area (Å²) in [6.45, 7) is -0.411. The summed E-state index contributed by atoms with van der Waals surface area (Å²) in [6, 6.07) is -0.311. The second kappa shape index (κ2) is 7.37. The van der Waals surface area contributed by atoms with Crippen LogP contribution in [0.4, 0.5) is 18.0 Å². The molecule has 1 saturated carbocycles. The van der Waals surface area contributed by atoms with Crippen LogP contribution in [0.1, 0.15) is 32.1 Å². The maximum atomic E-state index is 12.1. The molecule has 1 unspecified atom stereocenters. The van der Waals surface area contributed by atoms with Gasteiger partial charge >= 0.3 is 12.2 Å². The molecule has 1 heterocycles. The molecule has 2 aliphatic rings. The predicted molar refractivity (Wildman–Crippen MR) is 75.5 cm³/mol. The van der Waals surface area contributed by atoms with Gasteiger partial charge in [-0.25, -0.2) is 4.79 Å². The number of amides is 3. The lowest BCUT2D eigenvalue weighted by atomic mass is 9.93. The van der Waals surface area contributed by atoms with E-state index < -0.39 is 24.8 Å². The van der Waals surface area contributed by atoms with Gasteiger partial charge in [0.05, 0.1) is 12.0 Å². The van der Waals surface area contributed by atoms with Gasteiger partial charge in [-0.2, -0.15) is 13.2 Å². The number of halogens is 3. The van der Waals surface area contributed by atoms with E-state index in [-0.39, 0.29) is 18.0 Å². The van der Waals surface area contributed by atoms with Crippen molar-refractivity contribution in [2.45, 2.75) is 50.4 Å². The number of primary amides is 1. The van der Waals surface area contributed by atoms with Gasteiger partial charge in [0, 0.05) is 19.1 Å². The zero-order valence-electron chi connectivity index (χ0n) is 12.8. The first-order valence-corrected chi connectivity index (χ1v) is 7.77. The number of likely N-dealkylation sites (tertiary alicyclic amines) is 1. The van der Waals surface area contributed by atoms with Crippen molar-refractivity contribution in [2.24, 2.45) is 11.7 Å². The lowest BCUT2D eigenvalue weighted by Gasteiger charge is -2.30. The highest BCUT2D eigenvalue weighted by atomic mass is 19.4. The molecule has 1 saturated heterocycles. The first kappa shape index (κ1) is 17.8. The highest BCUT2D eigenvalue weighted by molar-refractivity contribution is 5.80. The molecule has 1 aliphatic carbocycles. The average molecular weight is 337 g/mol. The first-order valence-electron chi connectivity index (χ1n) is 7.77. The number of carbonyl (C=O) groups is 2. The fourth-order valence-corrected chi connectivity index (χ4v) is 3.03. The molecule has 3 N–H and O–H groups in total.